The Labute approximate surface area is 236 Å². The number of carbonyl (C=O) groups is 1. The van der Waals surface area contributed by atoms with Crippen LogP contribution in [0.4, 0.5) is 11.4 Å². The number of rotatable bonds is 6. The number of amidine groups is 1. The minimum Gasteiger partial charge on any atom is -0.457 e. The summed E-state index contributed by atoms with van der Waals surface area (Å²) >= 11 is 3.18. The Balaban J connectivity index is 1.23. The van der Waals surface area contributed by atoms with Gasteiger partial charge in [-0.3, -0.25) is 9.69 Å². The number of hydrogen-bond acceptors (Lipinski definition) is 6. The third kappa shape index (κ3) is 5.07. The lowest BCUT2D eigenvalue weighted by molar-refractivity contribution is -0.122. The van der Waals surface area contributed by atoms with Crippen LogP contribution >= 0.6 is 23.5 Å². The van der Waals surface area contributed by atoms with E-state index in [1.807, 2.05) is 67.6 Å². The molecule has 2 heterocycles. The smallest absolute Gasteiger partial charge is 0.266 e. The van der Waals surface area contributed by atoms with Crippen molar-refractivity contribution in [2.75, 3.05) is 18.0 Å². The van der Waals surface area contributed by atoms with Gasteiger partial charge in [-0.15, -0.1) is 0 Å². The molecule has 5 nitrogen and oxygen atoms in total. The molecule has 4 aromatic rings. The normalized spacial score (nSPS) is 18.1. The Kier molecular flexibility index (Phi) is 7.18. The van der Waals surface area contributed by atoms with Gasteiger partial charge < -0.3 is 9.64 Å². The van der Waals surface area contributed by atoms with Gasteiger partial charge in [-0.25, -0.2) is 4.99 Å². The van der Waals surface area contributed by atoms with Gasteiger partial charge in [0.05, 0.1) is 21.3 Å². The van der Waals surface area contributed by atoms with Gasteiger partial charge in [-0.2, -0.15) is 0 Å². The molecule has 0 spiro atoms. The quantitative estimate of drug-likeness (QED) is 0.225. The topological polar surface area (TPSA) is 45.1 Å². The number of nitrogens with zero attached hydrogens (tertiary/aromatic N) is 3. The van der Waals surface area contributed by atoms with Gasteiger partial charge in [0.2, 0.25) is 0 Å². The predicted molar refractivity (Wildman–Crippen MR) is 164 cm³/mol. The van der Waals surface area contributed by atoms with E-state index in [1.165, 1.54) is 33.1 Å². The molecule has 0 aromatic heterocycles. The van der Waals surface area contributed by atoms with Gasteiger partial charge in [0.1, 0.15) is 11.5 Å². The van der Waals surface area contributed by atoms with Crippen molar-refractivity contribution in [1.82, 2.24) is 4.90 Å². The third-order valence-electron chi connectivity index (χ3n) is 6.56. The number of ether oxygens (including phenoxy) is 1. The molecule has 2 aliphatic rings. The summed E-state index contributed by atoms with van der Waals surface area (Å²) in [4.78, 5) is 24.0. The molecule has 39 heavy (non-hydrogen) atoms. The second kappa shape index (κ2) is 11.0. The molecule has 0 bridgehead atoms. The van der Waals surface area contributed by atoms with Crippen LogP contribution in [0.2, 0.25) is 0 Å². The van der Waals surface area contributed by atoms with Crippen molar-refractivity contribution in [3.63, 3.8) is 0 Å². The second-order valence-corrected chi connectivity index (χ2v) is 11.0. The summed E-state index contributed by atoms with van der Waals surface area (Å²) in [5, 5.41) is 4.30. The van der Waals surface area contributed by atoms with E-state index in [0.717, 1.165) is 28.8 Å². The van der Waals surface area contributed by atoms with Gasteiger partial charge >= 0.3 is 0 Å². The van der Waals surface area contributed by atoms with Crippen LogP contribution < -0.4 is 9.64 Å². The molecule has 0 atom stereocenters. The van der Waals surface area contributed by atoms with Gasteiger partial charge in [0.25, 0.3) is 5.91 Å². The number of anilines is 1. The fourth-order valence-electron chi connectivity index (χ4n) is 4.63. The van der Waals surface area contributed by atoms with E-state index in [-0.39, 0.29) is 5.91 Å². The van der Waals surface area contributed by atoms with Crippen molar-refractivity contribution < 1.29 is 9.53 Å². The summed E-state index contributed by atoms with van der Waals surface area (Å²) in [5.41, 5.74) is 1.99. The lowest BCUT2D eigenvalue weighted by atomic mass is 10.1. The highest BCUT2D eigenvalue weighted by atomic mass is 32.2. The van der Waals surface area contributed by atoms with Crippen LogP contribution in [-0.4, -0.2) is 29.1 Å². The first-order chi connectivity index (χ1) is 19.1. The number of aliphatic imine (C=N–C) groups is 1. The van der Waals surface area contributed by atoms with Gasteiger partial charge in [0.15, 0.2) is 5.17 Å². The van der Waals surface area contributed by atoms with Crippen LogP contribution in [0.3, 0.4) is 0 Å². The minimum absolute atomic E-state index is 0.0175. The number of allylic oxidation sites excluding steroid dienone is 2. The third-order valence-corrected chi connectivity index (χ3v) is 8.78. The van der Waals surface area contributed by atoms with Gasteiger partial charge in [-0.05, 0) is 91.0 Å². The predicted octanol–water partition coefficient (Wildman–Crippen LogP) is 8.57. The maximum atomic E-state index is 13.2. The molecule has 6 rings (SSSR count). The Morgan fingerprint density at radius 2 is 1.49 bits per heavy atom. The summed E-state index contributed by atoms with van der Waals surface area (Å²) in [6.45, 7) is 5.54. The summed E-state index contributed by atoms with van der Waals surface area (Å²) in [5.74, 6) is 1.51. The van der Waals surface area contributed by atoms with Crippen molar-refractivity contribution in [3.05, 3.63) is 113 Å². The fourth-order valence-corrected chi connectivity index (χ4v) is 6.90. The number of thioether (sulfide) groups is 2. The van der Waals surface area contributed by atoms with E-state index >= 15 is 0 Å². The molecule has 0 N–H and O–H groups in total. The van der Waals surface area contributed by atoms with Crippen LogP contribution in [0.15, 0.2) is 123 Å². The summed E-state index contributed by atoms with van der Waals surface area (Å²) in [7, 11) is 0. The van der Waals surface area contributed by atoms with Crippen molar-refractivity contribution in [3.8, 4) is 11.5 Å². The molecule has 1 fully saturated rings. The molecule has 0 unspecified atom stereocenters. The molecule has 4 aromatic carbocycles. The van der Waals surface area contributed by atoms with Crippen molar-refractivity contribution >= 4 is 56.7 Å². The Bertz CT molecular complexity index is 1630. The minimum atomic E-state index is -0.0175. The fraction of sp³-hybridized carbons (Fsp3) is 0.125. The molecule has 0 aliphatic carbocycles. The highest BCUT2D eigenvalue weighted by Crippen LogP contribution is 2.49. The number of benzene rings is 4. The lowest BCUT2D eigenvalue weighted by Gasteiger charge is -2.17. The first kappa shape index (κ1) is 25.3. The SMILES string of the molecule is CCN1C(=O)/C(=C/C=C2\Sc3c(ccc4ccccc34)N2CC)SC1=Nc1ccc(Oc2ccccc2)cc1. The van der Waals surface area contributed by atoms with E-state index in [4.69, 9.17) is 9.73 Å². The molecular formula is C32H27N3O2S2. The molecule has 1 saturated heterocycles. The van der Waals surface area contributed by atoms with Crippen LogP contribution in [-0.2, 0) is 4.79 Å². The molecule has 2 aliphatic heterocycles. The number of carbonyl (C=O) groups excluding carboxylic acids is 1. The van der Waals surface area contributed by atoms with Gasteiger partial charge in [0, 0.05) is 18.0 Å². The number of amides is 1. The monoisotopic (exact) mass is 549 g/mol. The summed E-state index contributed by atoms with van der Waals surface area (Å²) < 4.78 is 5.89. The molecule has 194 valence electrons. The van der Waals surface area contributed by atoms with Crippen LogP contribution in [0.5, 0.6) is 11.5 Å². The van der Waals surface area contributed by atoms with E-state index in [9.17, 15) is 4.79 Å². The lowest BCUT2D eigenvalue weighted by Crippen LogP contribution is -2.28. The number of hydrogen-bond donors (Lipinski definition) is 0. The zero-order valence-electron chi connectivity index (χ0n) is 21.7. The zero-order chi connectivity index (χ0) is 26.8. The van der Waals surface area contributed by atoms with Crippen LogP contribution in [0, 0.1) is 0 Å². The highest BCUT2D eigenvalue weighted by Gasteiger charge is 2.32. The summed E-state index contributed by atoms with van der Waals surface area (Å²) in [6.07, 6.45) is 4.00. The van der Waals surface area contributed by atoms with E-state index in [1.54, 1.807) is 16.7 Å². The van der Waals surface area contributed by atoms with Crippen LogP contribution in [0.1, 0.15) is 13.8 Å². The number of likely N-dealkylation sites (N-methyl/N-ethyl adjacent to an activating group) is 1. The standard InChI is InChI=1S/C32H27N3O2S2/c1-3-34-27-19-14-22-10-8-9-13-26(22)30(27)39-29(34)21-20-28-31(36)35(4-2)32(38-28)33-23-15-17-25(18-16-23)37-24-11-6-5-7-12-24/h5-21H,3-4H2,1-2H3/b28-20-,29-21-,33-32?. The van der Waals surface area contributed by atoms with Gasteiger partial charge in [-0.1, -0.05) is 60.3 Å². The summed E-state index contributed by atoms with van der Waals surface area (Å²) in [6, 6.07) is 30.1. The second-order valence-electron chi connectivity index (χ2n) is 8.97. The average Bonchev–Trinajstić information content (AvgIpc) is 3.49. The van der Waals surface area contributed by atoms with Crippen molar-refractivity contribution in [2.24, 2.45) is 4.99 Å². The molecule has 1 amide bonds. The maximum absolute atomic E-state index is 13.2. The van der Waals surface area contributed by atoms with E-state index in [2.05, 4.69) is 54.3 Å². The first-order valence-corrected chi connectivity index (χ1v) is 14.6. The Morgan fingerprint density at radius 3 is 2.26 bits per heavy atom. The maximum Gasteiger partial charge on any atom is 0.266 e. The number of para-hydroxylation sites is 1. The largest absolute Gasteiger partial charge is 0.457 e. The Morgan fingerprint density at radius 1 is 0.769 bits per heavy atom. The first-order valence-electron chi connectivity index (χ1n) is 12.9. The number of fused-ring (bicyclic) bond motifs is 3. The van der Waals surface area contributed by atoms with Crippen molar-refractivity contribution in [2.45, 2.75) is 18.7 Å². The molecule has 7 heteroatoms. The zero-order valence-corrected chi connectivity index (χ0v) is 23.3. The van der Waals surface area contributed by atoms with E-state index in [0.29, 0.717) is 16.6 Å². The molecule has 0 radical (unpaired) electrons. The van der Waals surface area contributed by atoms with E-state index < -0.39 is 0 Å². The molecule has 0 saturated carbocycles. The highest BCUT2D eigenvalue weighted by molar-refractivity contribution is 8.18. The van der Waals surface area contributed by atoms with Crippen LogP contribution in [0.25, 0.3) is 10.8 Å². The average molecular weight is 550 g/mol. The van der Waals surface area contributed by atoms with Crippen molar-refractivity contribution in [1.29, 1.82) is 0 Å². The molecular weight excluding hydrogens is 523 g/mol. The Hall–Kier alpha value is -3.94.